The molecule has 46 heavy (non-hydrogen) atoms. The van der Waals surface area contributed by atoms with E-state index in [-0.39, 0.29) is 23.9 Å². The molecule has 230 valence electrons. The van der Waals surface area contributed by atoms with E-state index in [4.69, 9.17) is 19.5 Å². The van der Waals surface area contributed by atoms with Crippen LogP contribution in [-0.2, 0) is 20.7 Å². The second-order valence-electron chi connectivity index (χ2n) is 13.0. The number of nitrogens with zero attached hydrogens (tertiary/aromatic N) is 2. The fraction of sp³-hybridized carbons (Fsp3) is 0.238. The highest BCUT2D eigenvalue weighted by molar-refractivity contribution is 6.01. The van der Waals surface area contributed by atoms with Gasteiger partial charge in [0.1, 0.15) is 12.1 Å². The lowest BCUT2D eigenvalue weighted by atomic mass is 9.76. The highest BCUT2D eigenvalue weighted by Gasteiger charge is 2.52. The third-order valence-corrected chi connectivity index (χ3v) is 9.29. The monoisotopic (exact) mass is 604 g/mol. The zero-order valence-electron chi connectivity index (χ0n) is 26.9. The van der Waals surface area contributed by atoms with Crippen LogP contribution in [-0.4, -0.2) is 23.9 Å². The van der Waals surface area contributed by atoms with E-state index < -0.39 is 11.2 Å². The van der Waals surface area contributed by atoms with E-state index in [1.807, 2.05) is 30.3 Å². The number of benzene rings is 5. The zero-order chi connectivity index (χ0) is 31.7. The van der Waals surface area contributed by atoms with Gasteiger partial charge in [-0.1, -0.05) is 155 Å². The summed E-state index contributed by atoms with van der Waals surface area (Å²) in [6.07, 6.45) is 0. The van der Waals surface area contributed by atoms with Gasteiger partial charge in [-0.15, -0.1) is 0 Å². The molecule has 0 saturated carbocycles. The lowest BCUT2D eigenvalue weighted by molar-refractivity contribution is 0.0813. The van der Waals surface area contributed by atoms with Gasteiger partial charge in [-0.3, -0.25) is 0 Å². The largest absolute Gasteiger partial charge is 0.459 e. The first-order chi connectivity index (χ1) is 22.4. The Morgan fingerprint density at radius 3 is 1.02 bits per heavy atom. The molecule has 5 aromatic rings. The third kappa shape index (κ3) is 4.93. The van der Waals surface area contributed by atoms with Crippen LogP contribution in [0.25, 0.3) is 0 Å². The summed E-state index contributed by atoms with van der Waals surface area (Å²) in [6.45, 7) is 8.88. The molecular weight excluding hydrogens is 564 g/mol. The molecule has 0 amide bonds. The van der Waals surface area contributed by atoms with E-state index in [1.54, 1.807) is 0 Å². The molecule has 2 aliphatic heterocycles. The van der Waals surface area contributed by atoms with Crippen molar-refractivity contribution in [3.63, 3.8) is 0 Å². The quantitative estimate of drug-likeness (QED) is 0.177. The fourth-order valence-corrected chi connectivity index (χ4v) is 7.20. The second kappa shape index (κ2) is 12.1. The van der Waals surface area contributed by atoms with Crippen LogP contribution in [0.15, 0.2) is 156 Å². The Labute approximate surface area is 272 Å². The van der Waals surface area contributed by atoms with Crippen LogP contribution in [0.4, 0.5) is 0 Å². The molecule has 5 aromatic carbocycles. The first-order valence-electron chi connectivity index (χ1n) is 16.3. The van der Waals surface area contributed by atoms with E-state index in [9.17, 15) is 0 Å². The zero-order valence-corrected chi connectivity index (χ0v) is 26.9. The molecule has 0 radical (unpaired) electrons. The predicted octanol–water partition coefficient (Wildman–Crippen LogP) is 9.18. The molecule has 0 N–H and O–H groups in total. The summed E-state index contributed by atoms with van der Waals surface area (Å²) < 4.78 is 14.2. The molecule has 0 spiro atoms. The average molecular weight is 605 g/mol. The van der Waals surface area contributed by atoms with Crippen LogP contribution in [0.3, 0.4) is 0 Å². The Morgan fingerprint density at radius 1 is 0.435 bits per heavy atom. The number of rotatable bonds is 8. The molecule has 0 aliphatic carbocycles. The minimum atomic E-state index is -0.748. The van der Waals surface area contributed by atoms with Gasteiger partial charge in [-0.25, -0.2) is 9.98 Å². The summed E-state index contributed by atoms with van der Waals surface area (Å²) in [5.41, 5.74) is 4.68. The Hall–Kier alpha value is -4.96. The van der Waals surface area contributed by atoms with Crippen molar-refractivity contribution in [3.05, 3.63) is 179 Å². The van der Waals surface area contributed by atoms with Gasteiger partial charge >= 0.3 is 0 Å². The average Bonchev–Trinajstić information content (AvgIpc) is 3.73. The van der Waals surface area contributed by atoms with Crippen molar-refractivity contribution in [1.29, 1.82) is 0 Å². The van der Waals surface area contributed by atoms with Gasteiger partial charge < -0.3 is 9.47 Å². The minimum absolute atomic E-state index is 0.120. The molecule has 0 aromatic heterocycles. The Balaban J connectivity index is 1.31. The summed E-state index contributed by atoms with van der Waals surface area (Å²) in [5, 5.41) is 0. The van der Waals surface area contributed by atoms with Crippen LogP contribution in [0.2, 0.25) is 0 Å². The molecule has 0 bridgehead atoms. The molecule has 7 rings (SSSR count). The topological polar surface area (TPSA) is 43.2 Å². The molecule has 4 heteroatoms. The van der Waals surface area contributed by atoms with Gasteiger partial charge in [0.05, 0.1) is 0 Å². The van der Waals surface area contributed by atoms with Crippen LogP contribution in [0.5, 0.6) is 0 Å². The highest BCUT2D eigenvalue weighted by Crippen LogP contribution is 2.48. The standard InChI is InChI=1S/C42H40N2O2/c1-29(2)37-41(33-20-9-5-10-21-33,34-22-11-6-12-23-34)45-39(43-37)31-18-17-19-32(28-31)40-44-38(30(3)4)42(46-40,35-24-13-7-14-25-35)36-26-15-8-16-27-36/h5-30,37-38H,1-4H3/t37-,38-/m0/s1. The van der Waals surface area contributed by atoms with E-state index in [2.05, 4.69) is 143 Å². The van der Waals surface area contributed by atoms with Gasteiger partial charge in [0.15, 0.2) is 11.2 Å². The molecule has 0 saturated heterocycles. The van der Waals surface area contributed by atoms with Crippen LogP contribution >= 0.6 is 0 Å². The number of hydrogen-bond donors (Lipinski definition) is 0. The van der Waals surface area contributed by atoms with Crippen LogP contribution in [0, 0.1) is 11.8 Å². The van der Waals surface area contributed by atoms with Gasteiger partial charge in [-0.05, 0) is 30.0 Å². The minimum Gasteiger partial charge on any atom is -0.459 e. The molecule has 4 nitrogen and oxygen atoms in total. The van der Waals surface area contributed by atoms with E-state index >= 15 is 0 Å². The Bertz CT molecular complexity index is 1630. The third-order valence-electron chi connectivity index (χ3n) is 9.29. The van der Waals surface area contributed by atoms with Gasteiger partial charge in [0, 0.05) is 33.4 Å². The lowest BCUT2D eigenvalue weighted by Crippen LogP contribution is -2.41. The maximum atomic E-state index is 7.11. The van der Waals surface area contributed by atoms with Crippen molar-refractivity contribution >= 4 is 11.8 Å². The van der Waals surface area contributed by atoms with Crippen molar-refractivity contribution in [2.75, 3.05) is 0 Å². The number of hydrogen-bond acceptors (Lipinski definition) is 4. The van der Waals surface area contributed by atoms with Crippen molar-refractivity contribution in [2.24, 2.45) is 21.8 Å². The molecular formula is C42H40N2O2. The summed E-state index contributed by atoms with van der Waals surface area (Å²) in [5.74, 6) is 1.72. The van der Waals surface area contributed by atoms with Crippen molar-refractivity contribution < 1.29 is 9.47 Å². The first-order valence-corrected chi connectivity index (χ1v) is 16.3. The maximum Gasteiger partial charge on any atom is 0.217 e. The van der Waals surface area contributed by atoms with Crippen molar-refractivity contribution in [1.82, 2.24) is 0 Å². The Morgan fingerprint density at radius 2 is 0.739 bits per heavy atom. The van der Waals surface area contributed by atoms with Crippen molar-refractivity contribution in [3.8, 4) is 0 Å². The fourth-order valence-electron chi connectivity index (χ4n) is 7.20. The number of aliphatic imine (C=N–C) groups is 2. The molecule has 0 fully saturated rings. The maximum absolute atomic E-state index is 7.11. The molecule has 0 unspecified atom stereocenters. The summed E-state index contributed by atoms with van der Waals surface area (Å²) in [7, 11) is 0. The summed E-state index contributed by atoms with van der Waals surface area (Å²) >= 11 is 0. The lowest BCUT2D eigenvalue weighted by Gasteiger charge is -2.36. The number of ether oxygens (including phenoxy) is 2. The van der Waals surface area contributed by atoms with Crippen molar-refractivity contribution in [2.45, 2.75) is 51.0 Å². The predicted molar refractivity (Wildman–Crippen MR) is 186 cm³/mol. The highest BCUT2D eigenvalue weighted by atomic mass is 16.5. The van der Waals surface area contributed by atoms with Crippen LogP contribution in [0.1, 0.15) is 61.1 Å². The Kier molecular flexibility index (Phi) is 7.82. The first kappa shape index (κ1) is 29.7. The molecule has 2 aliphatic rings. The van der Waals surface area contributed by atoms with Gasteiger partial charge in [0.2, 0.25) is 11.8 Å². The second-order valence-corrected chi connectivity index (χ2v) is 13.0. The van der Waals surface area contributed by atoms with Gasteiger partial charge in [0.25, 0.3) is 0 Å². The van der Waals surface area contributed by atoms with Crippen LogP contribution < -0.4 is 0 Å². The van der Waals surface area contributed by atoms with E-state index in [0.717, 1.165) is 33.4 Å². The molecule has 2 heterocycles. The molecule has 2 atom stereocenters. The SMILES string of the molecule is CC(C)[C@@H]1N=C(c2cccc(C3=N[C@@H](C(C)C)C(c4ccccc4)(c4ccccc4)O3)c2)OC1(c1ccccc1)c1ccccc1. The summed E-state index contributed by atoms with van der Waals surface area (Å²) in [6, 6.07) is 50.1. The van der Waals surface area contributed by atoms with E-state index in [0.29, 0.717) is 11.8 Å². The smallest absolute Gasteiger partial charge is 0.217 e. The summed E-state index contributed by atoms with van der Waals surface area (Å²) in [4.78, 5) is 10.6. The normalized spacial score (nSPS) is 19.8. The van der Waals surface area contributed by atoms with Gasteiger partial charge in [-0.2, -0.15) is 0 Å². The van der Waals surface area contributed by atoms with E-state index in [1.165, 1.54) is 0 Å².